The number of hydrogen-bond acceptors (Lipinski definition) is 3. The molecule has 0 N–H and O–H groups in total. The van der Waals surface area contributed by atoms with Crippen LogP contribution in [-0.4, -0.2) is 10.5 Å². The van der Waals surface area contributed by atoms with Gasteiger partial charge in [0.05, 0.1) is 6.07 Å². The molecule has 114 valence electrons. The van der Waals surface area contributed by atoms with Crippen LogP contribution >= 0.6 is 0 Å². The summed E-state index contributed by atoms with van der Waals surface area (Å²) in [6.45, 7) is 3.25. The van der Waals surface area contributed by atoms with E-state index in [-0.39, 0.29) is 4.92 Å². The van der Waals surface area contributed by atoms with Crippen LogP contribution in [0.1, 0.15) is 84.5 Å². The van der Waals surface area contributed by atoms with Crippen LogP contribution in [0.5, 0.6) is 0 Å². The molecule has 1 fully saturated rings. The lowest BCUT2D eigenvalue weighted by Gasteiger charge is -2.35. The summed E-state index contributed by atoms with van der Waals surface area (Å²) in [6, 6.07) is 2.35. The van der Waals surface area contributed by atoms with Crippen LogP contribution in [0.15, 0.2) is 0 Å². The summed E-state index contributed by atoms with van der Waals surface area (Å²) in [7, 11) is 0. The van der Waals surface area contributed by atoms with Gasteiger partial charge in [-0.2, -0.15) is 5.26 Å². The quantitative estimate of drug-likeness (QED) is 0.536. The topological polar surface area (TPSA) is 66.9 Å². The first-order valence-electron chi connectivity index (χ1n) is 8.02. The van der Waals surface area contributed by atoms with Gasteiger partial charge in [0.15, 0.2) is 0 Å². The van der Waals surface area contributed by atoms with Gasteiger partial charge in [-0.05, 0) is 12.8 Å². The number of nitriles is 1. The molecule has 1 aliphatic rings. The van der Waals surface area contributed by atoms with Crippen LogP contribution < -0.4 is 0 Å². The maximum absolute atomic E-state index is 11.4. The summed E-state index contributed by atoms with van der Waals surface area (Å²) < 4.78 is 0. The second-order valence-corrected chi connectivity index (χ2v) is 6.69. The molecule has 0 aromatic carbocycles. The van der Waals surface area contributed by atoms with Gasteiger partial charge in [0.25, 0.3) is 0 Å². The fourth-order valence-electron chi connectivity index (χ4n) is 3.25. The molecule has 1 rings (SSSR count). The Kier molecular flexibility index (Phi) is 6.45. The molecule has 4 heteroatoms. The lowest BCUT2D eigenvalue weighted by Crippen LogP contribution is -2.49. The van der Waals surface area contributed by atoms with Crippen molar-refractivity contribution in [3.05, 3.63) is 10.1 Å². The van der Waals surface area contributed by atoms with Crippen molar-refractivity contribution >= 4 is 0 Å². The molecule has 0 radical (unpaired) electrons. The third kappa shape index (κ3) is 3.94. The van der Waals surface area contributed by atoms with Crippen molar-refractivity contribution in [2.75, 3.05) is 0 Å². The zero-order valence-electron chi connectivity index (χ0n) is 13.0. The van der Waals surface area contributed by atoms with E-state index in [2.05, 4.69) is 6.07 Å². The van der Waals surface area contributed by atoms with Gasteiger partial charge >= 0.3 is 0 Å². The monoisotopic (exact) mass is 280 g/mol. The van der Waals surface area contributed by atoms with Crippen molar-refractivity contribution in [3.63, 3.8) is 0 Å². The van der Waals surface area contributed by atoms with Crippen molar-refractivity contribution in [2.24, 2.45) is 5.41 Å². The van der Waals surface area contributed by atoms with Crippen LogP contribution in [0.4, 0.5) is 0 Å². The molecular weight excluding hydrogens is 252 g/mol. The Hall–Kier alpha value is -1.11. The third-order valence-electron chi connectivity index (χ3n) is 5.05. The smallest absolute Gasteiger partial charge is 0.235 e. The van der Waals surface area contributed by atoms with E-state index >= 15 is 0 Å². The van der Waals surface area contributed by atoms with E-state index in [1.807, 2.05) is 0 Å². The molecule has 0 saturated heterocycles. The van der Waals surface area contributed by atoms with Gasteiger partial charge in [0, 0.05) is 18.8 Å². The van der Waals surface area contributed by atoms with Crippen LogP contribution in [0.25, 0.3) is 0 Å². The highest BCUT2D eigenvalue weighted by Crippen LogP contribution is 2.43. The Labute approximate surface area is 122 Å². The van der Waals surface area contributed by atoms with Crippen molar-refractivity contribution in [3.8, 4) is 6.07 Å². The fourth-order valence-corrected chi connectivity index (χ4v) is 3.25. The summed E-state index contributed by atoms with van der Waals surface area (Å²) in [5, 5.41) is 21.1. The molecule has 0 unspecified atom stereocenters. The number of rotatable bonds is 2. The van der Waals surface area contributed by atoms with Gasteiger partial charge in [-0.25, -0.2) is 0 Å². The Morgan fingerprint density at radius 1 is 0.950 bits per heavy atom. The molecule has 0 aromatic heterocycles. The normalized spacial score (nSPS) is 22.1. The second kappa shape index (κ2) is 7.61. The van der Waals surface area contributed by atoms with Gasteiger partial charge in [0.1, 0.15) is 5.41 Å². The number of nitrogens with zero attached hydrogens (tertiary/aromatic N) is 2. The summed E-state index contributed by atoms with van der Waals surface area (Å²) in [6.07, 6.45) is 11.6. The molecule has 0 heterocycles. The van der Waals surface area contributed by atoms with E-state index in [9.17, 15) is 15.4 Å². The Morgan fingerprint density at radius 2 is 1.30 bits per heavy atom. The van der Waals surface area contributed by atoms with Crippen molar-refractivity contribution < 1.29 is 4.92 Å². The zero-order valence-corrected chi connectivity index (χ0v) is 13.0. The minimum absolute atomic E-state index is 0.248. The van der Waals surface area contributed by atoms with Gasteiger partial charge in [-0.1, -0.05) is 57.8 Å². The standard InChI is InChI=1S/C16H28N2O2/c1-15(2,18(19)20)16(14-17)12-10-8-6-4-3-5-7-9-11-13-16/h3-13H2,1-2H3. The van der Waals surface area contributed by atoms with E-state index in [0.717, 1.165) is 25.7 Å². The number of nitro groups is 1. The predicted octanol–water partition coefficient (Wildman–Crippen LogP) is 4.86. The van der Waals surface area contributed by atoms with E-state index in [4.69, 9.17) is 0 Å². The summed E-state index contributed by atoms with van der Waals surface area (Å²) in [5.41, 5.74) is -1.97. The molecule has 4 nitrogen and oxygen atoms in total. The number of hydrogen-bond donors (Lipinski definition) is 0. The Balaban J connectivity index is 2.86. The van der Waals surface area contributed by atoms with Crippen LogP contribution in [0.2, 0.25) is 0 Å². The summed E-state index contributed by atoms with van der Waals surface area (Å²) in [5.74, 6) is 0. The van der Waals surface area contributed by atoms with Crippen LogP contribution in [0, 0.1) is 26.9 Å². The maximum Gasteiger partial charge on any atom is 0.235 e. The largest absolute Gasteiger partial charge is 0.264 e. The minimum Gasteiger partial charge on any atom is -0.264 e. The van der Waals surface area contributed by atoms with Gasteiger partial charge in [-0.3, -0.25) is 10.1 Å². The molecule has 0 aliphatic heterocycles. The molecule has 20 heavy (non-hydrogen) atoms. The van der Waals surface area contributed by atoms with E-state index in [1.165, 1.54) is 32.1 Å². The minimum atomic E-state index is -1.16. The maximum atomic E-state index is 11.4. The SMILES string of the molecule is CC(C)([N+](=O)[O-])C1(C#N)CCCCCCCCCCC1. The van der Waals surface area contributed by atoms with Crippen molar-refractivity contribution in [1.82, 2.24) is 0 Å². The summed E-state index contributed by atoms with van der Waals surface area (Å²) in [4.78, 5) is 11.2. The predicted molar refractivity (Wildman–Crippen MR) is 79.9 cm³/mol. The van der Waals surface area contributed by atoms with Gasteiger partial charge in [0.2, 0.25) is 5.54 Å². The van der Waals surface area contributed by atoms with E-state index in [0.29, 0.717) is 12.8 Å². The lowest BCUT2D eigenvalue weighted by atomic mass is 9.66. The fraction of sp³-hybridized carbons (Fsp3) is 0.938. The van der Waals surface area contributed by atoms with E-state index < -0.39 is 11.0 Å². The highest BCUT2D eigenvalue weighted by molar-refractivity contribution is 5.08. The Bertz CT molecular complexity index is 346. The van der Waals surface area contributed by atoms with Gasteiger partial charge in [-0.15, -0.1) is 0 Å². The average molecular weight is 280 g/mol. The molecule has 0 aromatic rings. The highest BCUT2D eigenvalue weighted by Gasteiger charge is 2.53. The average Bonchev–Trinajstić information content (AvgIpc) is 2.39. The molecule has 0 atom stereocenters. The first kappa shape index (κ1) is 16.9. The zero-order chi connectivity index (χ0) is 15.1. The first-order chi connectivity index (χ1) is 9.46. The lowest BCUT2D eigenvalue weighted by molar-refractivity contribution is -0.579. The molecule has 0 bridgehead atoms. The molecule has 1 saturated carbocycles. The van der Waals surface area contributed by atoms with Gasteiger partial charge < -0.3 is 0 Å². The first-order valence-corrected chi connectivity index (χ1v) is 8.02. The van der Waals surface area contributed by atoms with Crippen LogP contribution in [0.3, 0.4) is 0 Å². The molecule has 0 amide bonds. The molecule has 0 spiro atoms. The Morgan fingerprint density at radius 3 is 1.60 bits per heavy atom. The van der Waals surface area contributed by atoms with Crippen molar-refractivity contribution in [1.29, 1.82) is 5.26 Å². The summed E-state index contributed by atoms with van der Waals surface area (Å²) >= 11 is 0. The van der Waals surface area contributed by atoms with Crippen LogP contribution in [-0.2, 0) is 0 Å². The molecule has 1 aliphatic carbocycles. The second-order valence-electron chi connectivity index (χ2n) is 6.69. The van der Waals surface area contributed by atoms with E-state index in [1.54, 1.807) is 13.8 Å². The highest BCUT2D eigenvalue weighted by atomic mass is 16.6. The molecular formula is C16H28N2O2. The van der Waals surface area contributed by atoms with Crippen molar-refractivity contribution in [2.45, 2.75) is 90.0 Å². The third-order valence-corrected chi connectivity index (χ3v) is 5.05.